The average molecular weight is 501 g/mol. The van der Waals surface area contributed by atoms with E-state index in [4.69, 9.17) is 14.5 Å². The summed E-state index contributed by atoms with van der Waals surface area (Å²) in [5, 5.41) is 8.18. The molecule has 8 nitrogen and oxygen atoms in total. The molecule has 2 aromatic heterocycles. The van der Waals surface area contributed by atoms with Gasteiger partial charge >= 0.3 is 0 Å². The number of anilines is 1. The lowest BCUT2D eigenvalue weighted by molar-refractivity contribution is 0.0342. The Labute approximate surface area is 218 Å². The largest absolute Gasteiger partial charge is 0.488 e. The second-order valence-corrected chi connectivity index (χ2v) is 10.2. The molecule has 0 spiro atoms. The van der Waals surface area contributed by atoms with Crippen molar-refractivity contribution in [2.75, 3.05) is 44.7 Å². The van der Waals surface area contributed by atoms with Crippen molar-refractivity contribution < 1.29 is 9.47 Å². The van der Waals surface area contributed by atoms with Gasteiger partial charge < -0.3 is 25.1 Å². The maximum atomic E-state index is 6.65. The number of hydrogen-bond donors (Lipinski definition) is 3. The summed E-state index contributed by atoms with van der Waals surface area (Å²) in [5.41, 5.74) is 6.76. The Hall–Kier alpha value is -3.20. The fourth-order valence-corrected chi connectivity index (χ4v) is 5.63. The molecule has 6 rings (SSSR count). The van der Waals surface area contributed by atoms with Gasteiger partial charge in [0.2, 0.25) is 0 Å². The van der Waals surface area contributed by atoms with Gasteiger partial charge in [-0.1, -0.05) is 24.3 Å². The van der Waals surface area contributed by atoms with Crippen molar-refractivity contribution >= 4 is 35.1 Å². The van der Waals surface area contributed by atoms with E-state index < -0.39 is 0 Å². The third kappa shape index (κ3) is 5.01. The summed E-state index contributed by atoms with van der Waals surface area (Å²) in [5.74, 6) is 1.85. The highest BCUT2D eigenvalue weighted by Gasteiger charge is 2.27. The van der Waals surface area contributed by atoms with Gasteiger partial charge in [-0.15, -0.1) is 0 Å². The van der Waals surface area contributed by atoms with E-state index in [2.05, 4.69) is 69.5 Å². The molecular formula is C29H36N6O2. The van der Waals surface area contributed by atoms with Gasteiger partial charge in [0.15, 0.2) is 5.75 Å². The number of hydrogen-bond acceptors (Lipinski definition) is 7. The Kier molecular flexibility index (Phi) is 6.95. The van der Waals surface area contributed by atoms with Crippen LogP contribution in [0, 0.1) is 0 Å². The van der Waals surface area contributed by atoms with Crippen molar-refractivity contribution in [1.29, 1.82) is 0 Å². The number of aromatic nitrogens is 2. The molecule has 0 bridgehead atoms. The van der Waals surface area contributed by atoms with Crippen LogP contribution < -0.4 is 15.4 Å². The van der Waals surface area contributed by atoms with Crippen LogP contribution in [0.2, 0.25) is 0 Å². The van der Waals surface area contributed by atoms with Gasteiger partial charge in [-0.2, -0.15) is 0 Å². The van der Waals surface area contributed by atoms with Crippen molar-refractivity contribution in [1.82, 2.24) is 20.2 Å². The van der Waals surface area contributed by atoms with E-state index in [9.17, 15) is 0 Å². The van der Waals surface area contributed by atoms with E-state index in [0.29, 0.717) is 6.54 Å². The minimum atomic E-state index is 0.167. The van der Waals surface area contributed by atoms with Gasteiger partial charge in [0.1, 0.15) is 17.6 Å². The second-order valence-electron chi connectivity index (χ2n) is 10.2. The molecule has 1 atom stereocenters. The number of piperidine rings is 1. The fraction of sp³-hybridized carbons (Fsp3) is 0.448. The molecule has 3 aromatic rings. The number of aromatic amines is 1. The first-order valence-corrected chi connectivity index (χ1v) is 13.4. The Balaban J connectivity index is 1.35. The van der Waals surface area contributed by atoms with Crippen LogP contribution in [0.3, 0.4) is 0 Å². The molecular weight excluding hydrogens is 464 g/mol. The minimum absolute atomic E-state index is 0.167. The van der Waals surface area contributed by atoms with Crippen LogP contribution in [0.5, 0.6) is 5.75 Å². The zero-order valence-electron chi connectivity index (χ0n) is 21.6. The van der Waals surface area contributed by atoms with E-state index in [1.807, 2.05) is 6.20 Å². The number of pyridine rings is 1. The van der Waals surface area contributed by atoms with E-state index in [1.54, 1.807) is 0 Å². The molecule has 2 fully saturated rings. The minimum Gasteiger partial charge on any atom is -0.488 e. The Morgan fingerprint density at radius 1 is 1.16 bits per heavy atom. The summed E-state index contributed by atoms with van der Waals surface area (Å²) in [6, 6.07) is 9.18. The quantitative estimate of drug-likeness (QED) is 0.424. The number of nitrogens with one attached hydrogen (secondary N) is 3. The summed E-state index contributed by atoms with van der Waals surface area (Å²) in [7, 11) is 0. The molecule has 0 amide bonds. The SMILES string of the molecule is C=NCc1ncc2[nH]c3c(c2c1OC1CCNCC1)C=C(c1ccc(CN2CCOCC2)cc1)C(C)N3. The van der Waals surface area contributed by atoms with Crippen LogP contribution in [0.1, 0.15) is 42.1 Å². The van der Waals surface area contributed by atoms with E-state index in [-0.39, 0.29) is 12.1 Å². The third-order valence-corrected chi connectivity index (χ3v) is 7.66. The smallest absolute Gasteiger partial charge is 0.153 e. The van der Waals surface area contributed by atoms with Gasteiger partial charge in [0.05, 0.1) is 42.9 Å². The highest BCUT2D eigenvalue weighted by molar-refractivity contribution is 6.05. The maximum absolute atomic E-state index is 6.65. The number of morpholine rings is 1. The highest BCUT2D eigenvalue weighted by atomic mass is 16.5. The first kappa shape index (κ1) is 24.2. The number of H-pyrrole nitrogens is 1. The Morgan fingerprint density at radius 3 is 2.70 bits per heavy atom. The first-order chi connectivity index (χ1) is 18.2. The fourth-order valence-electron chi connectivity index (χ4n) is 5.63. The standard InChI is InChI=1S/C29H36N6O2/c1-19-23(21-5-3-20(4-6-21)18-35-11-13-36-14-12-35)15-24-27-25(34-29(24)33-19)17-32-26(16-30-2)28(27)37-22-7-9-31-10-8-22/h3-6,15,17,19,22,31,33-34H,2,7-14,16,18H2,1H3. The van der Waals surface area contributed by atoms with Crippen LogP contribution in [-0.4, -0.2) is 73.1 Å². The zero-order valence-corrected chi connectivity index (χ0v) is 21.6. The van der Waals surface area contributed by atoms with Crippen LogP contribution in [-0.2, 0) is 17.8 Å². The van der Waals surface area contributed by atoms with Crippen molar-refractivity contribution in [2.45, 2.75) is 45.0 Å². The summed E-state index contributed by atoms with van der Waals surface area (Å²) in [6.45, 7) is 12.9. The van der Waals surface area contributed by atoms with Crippen molar-refractivity contribution in [3.05, 3.63) is 52.8 Å². The highest BCUT2D eigenvalue weighted by Crippen LogP contribution is 2.42. The third-order valence-electron chi connectivity index (χ3n) is 7.66. The number of benzene rings is 1. The lowest BCUT2D eigenvalue weighted by atomic mass is 9.93. The number of ether oxygens (including phenoxy) is 2. The van der Waals surface area contributed by atoms with Gasteiger partial charge in [0.25, 0.3) is 0 Å². The summed E-state index contributed by atoms with van der Waals surface area (Å²) in [6.07, 6.45) is 6.34. The van der Waals surface area contributed by atoms with Gasteiger partial charge in [-0.25, -0.2) is 0 Å². The molecule has 0 aliphatic carbocycles. The first-order valence-electron chi connectivity index (χ1n) is 13.4. The van der Waals surface area contributed by atoms with Crippen molar-refractivity contribution in [3.63, 3.8) is 0 Å². The molecule has 37 heavy (non-hydrogen) atoms. The predicted molar refractivity (Wildman–Crippen MR) is 149 cm³/mol. The molecule has 1 unspecified atom stereocenters. The van der Waals surface area contributed by atoms with E-state index >= 15 is 0 Å². The number of nitrogens with zero attached hydrogens (tertiary/aromatic N) is 3. The Bertz CT molecular complexity index is 1290. The molecule has 3 N–H and O–H groups in total. The molecule has 1 aromatic carbocycles. The van der Waals surface area contributed by atoms with Gasteiger partial charge in [-0.3, -0.25) is 14.9 Å². The lowest BCUT2D eigenvalue weighted by Gasteiger charge is -2.27. The van der Waals surface area contributed by atoms with Crippen LogP contribution in [0.4, 0.5) is 5.82 Å². The van der Waals surface area contributed by atoms with Crippen LogP contribution in [0.25, 0.3) is 22.6 Å². The molecule has 3 aliphatic rings. The number of aliphatic imine (C=N–C) groups is 1. The van der Waals surface area contributed by atoms with Crippen LogP contribution >= 0.6 is 0 Å². The average Bonchev–Trinajstić information content (AvgIpc) is 3.29. The molecule has 2 saturated heterocycles. The van der Waals surface area contributed by atoms with Crippen LogP contribution in [0.15, 0.2) is 35.5 Å². The van der Waals surface area contributed by atoms with E-state index in [0.717, 1.165) is 92.5 Å². The summed E-state index contributed by atoms with van der Waals surface area (Å²) < 4.78 is 12.1. The molecule has 5 heterocycles. The maximum Gasteiger partial charge on any atom is 0.153 e. The second kappa shape index (κ2) is 10.7. The summed E-state index contributed by atoms with van der Waals surface area (Å²) >= 11 is 0. The number of fused-ring (bicyclic) bond motifs is 3. The normalized spacial score (nSPS) is 20.8. The monoisotopic (exact) mass is 500 g/mol. The van der Waals surface area contributed by atoms with E-state index in [1.165, 1.54) is 16.7 Å². The Morgan fingerprint density at radius 2 is 1.95 bits per heavy atom. The molecule has 3 aliphatic heterocycles. The topological polar surface area (TPSA) is 86.8 Å². The molecule has 194 valence electrons. The summed E-state index contributed by atoms with van der Waals surface area (Å²) in [4.78, 5) is 14.8. The van der Waals surface area contributed by atoms with Crippen molar-refractivity contribution in [2.24, 2.45) is 4.99 Å². The predicted octanol–water partition coefficient (Wildman–Crippen LogP) is 4.08. The molecule has 8 heteroatoms. The number of rotatable bonds is 7. The van der Waals surface area contributed by atoms with Gasteiger partial charge in [0, 0.05) is 25.2 Å². The molecule has 0 saturated carbocycles. The van der Waals surface area contributed by atoms with Crippen molar-refractivity contribution in [3.8, 4) is 5.75 Å². The lowest BCUT2D eigenvalue weighted by Crippen LogP contribution is -2.35. The zero-order chi connectivity index (χ0) is 25.2. The molecule has 0 radical (unpaired) electrons. The van der Waals surface area contributed by atoms with Gasteiger partial charge in [-0.05, 0) is 62.3 Å².